The van der Waals surface area contributed by atoms with E-state index in [1.807, 2.05) is 17.7 Å². The maximum Gasteiger partial charge on any atom is 0.133 e. The standard InChI is InChI=1S/C13H14BrClN2O2/c1-9-16-4-5-17(9)7-11(18)8-19-13-3-2-10(15)6-12(13)14/h2-6,11,18H,7-8H2,1H3. The molecule has 0 bridgehead atoms. The Kier molecular flexibility index (Phi) is 4.85. The SMILES string of the molecule is Cc1nccn1CC(O)COc1ccc(Cl)cc1Br. The molecule has 1 aromatic carbocycles. The normalized spacial score (nSPS) is 12.4. The highest BCUT2D eigenvalue weighted by molar-refractivity contribution is 9.10. The lowest BCUT2D eigenvalue weighted by molar-refractivity contribution is 0.0916. The van der Waals surface area contributed by atoms with Crippen LogP contribution in [-0.4, -0.2) is 27.4 Å². The van der Waals surface area contributed by atoms with Gasteiger partial charge >= 0.3 is 0 Å². The van der Waals surface area contributed by atoms with E-state index in [9.17, 15) is 5.11 Å². The third kappa shape index (κ3) is 3.96. The van der Waals surface area contributed by atoms with Crippen molar-refractivity contribution in [2.24, 2.45) is 0 Å². The number of benzene rings is 1. The van der Waals surface area contributed by atoms with Crippen molar-refractivity contribution in [3.05, 3.63) is 45.9 Å². The maximum absolute atomic E-state index is 9.94. The largest absolute Gasteiger partial charge is 0.490 e. The summed E-state index contributed by atoms with van der Waals surface area (Å²) in [7, 11) is 0. The van der Waals surface area contributed by atoms with Gasteiger partial charge in [0.1, 0.15) is 24.3 Å². The molecule has 1 atom stereocenters. The van der Waals surface area contributed by atoms with E-state index in [-0.39, 0.29) is 6.61 Å². The van der Waals surface area contributed by atoms with Crippen molar-refractivity contribution in [3.63, 3.8) is 0 Å². The zero-order chi connectivity index (χ0) is 13.8. The second kappa shape index (κ2) is 6.41. The summed E-state index contributed by atoms with van der Waals surface area (Å²) in [6.07, 6.45) is 2.94. The van der Waals surface area contributed by atoms with E-state index in [0.29, 0.717) is 17.3 Å². The van der Waals surface area contributed by atoms with Crippen molar-refractivity contribution in [2.45, 2.75) is 19.6 Å². The lowest BCUT2D eigenvalue weighted by Gasteiger charge is -2.14. The van der Waals surface area contributed by atoms with Gasteiger partial charge in [-0.1, -0.05) is 11.6 Å². The summed E-state index contributed by atoms with van der Waals surface area (Å²) in [5.74, 6) is 1.53. The smallest absolute Gasteiger partial charge is 0.133 e. The third-order valence-corrected chi connectivity index (χ3v) is 3.51. The quantitative estimate of drug-likeness (QED) is 0.906. The number of halogens is 2. The summed E-state index contributed by atoms with van der Waals surface area (Å²) in [4.78, 5) is 4.10. The second-order valence-electron chi connectivity index (χ2n) is 4.17. The predicted octanol–water partition coefficient (Wildman–Crippen LogP) is 3.05. The molecule has 102 valence electrons. The molecule has 0 saturated heterocycles. The van der Waals surface area contributed by atoms with Gasteiger partial charge in [-0.15, -0.1) is 0 Å². The molecule has 2 aromatic rings. The minimum Gasteiger partial charge on any atom is -0.490 e. The van der Waals surface area contributed by atoms with Gasteiger partial charge < -0.3 is 14.4 Å². The Balaban J connectivity index is 1.90. The Bertz CT molecular complexity index is 559. The Labute approximate surface area is 125 Å². The van der Waals surface area contributed by atoms with Crippen LogP contribution in [0.4, 0.5) is 0 Å². The van der Waals surface area contributed by atoms with Crippen LogP contribution in [0.3, 0.4) is 0 Å². The number of hydrogen-bond donors (Lipinski definition) is 1. The molecule has 1 N–H and O–H groups in total. The fourth-order valence-electron chi connectivity index (χ4n) is 1.65. The molecule has 0 fully saturated rings. The number of rotatable bonds is 5. The molecule has 0 spiro atoms. The number of ether oxygens (including phenoxy) is 1. The van der Waals surface area contributed by atoms with Crippen LogP contribution in [0.25, 0.3) is 0 Å². The van der Waals surface area contributed by atoms with E-state index in [1.165, 1.54) is 0 Å². The van der Waals surface area contributed by atoms with Crippen LogP contribution in [0.1, 0.15) is 5.82 Å². The number of imidazole rings is 1. The van der Waals surface area contributed by atoms with Crippen LogP contribution in [0, 0.1) is 6.92 Å². The van der Waals surface area contributed by atoms with Gasteiger partial charge in [-0.25, -0.2) is 4.98 Å². The second-order valence-corrected chi connectivity index (χ2v) is 5.46. The van der Waals surface area contributed by atoms with Gasteiger partial charge in [0.15, 0.2) is 0 Å². The highest BCUT2D eigenvalue weighted by Crippen LogP contribution is 2.28. The van der Waals surface area contributed by atoms with Gasteiger partial charge in [-0.3, -0.25) is 0 Å². The molecule has 0 saturated carbocycles. The molecule has 4 nitrogen and oxygen atoms in total. The number of aliphatic hydroxyl groups is 1. The van der Waals surface area contributed by atoms with Crippen molar-refractivity contribution in [1.82, 2.24) is 9.55 Å². The number of nitrogens with zero attached hydrogens (tertiary/aromatic N) is 2. The first-order chi connectivity index (χ1) is 9.06. The molecule has 6 heteroatoms. The predicted molar refractivity (Wildman–Crippen MR) is 77.6 cm³/mol. The summed E-state index contributed by atoms with van der Waals surface area (Å²) >= 11 is 9.21. The van der Waals surface area contributed by atoms with E-state index in [4.69, 9.17) is 16.3 Å². The average molecular weight is 346 g/mol. The number of aryl methyl sites for hydroxylation is 1. The zero-order valence-corrected chi connectivity index (χ0v) is 12.7. The van der Waals surface area contributed by atoms with E-state index in [1.54, 1.807) is 24.4 Å². The van der Waals surface area contributed by atoms with E-state index in [2.05, 4.69) is 20.9 Å². The van der Waals surface area contributed by atoms with Crippen LogP contribution < -0.4 is 4.74 Å². The van der Waals surface area contributed by atoms with Crippen LogP contribution in [0.5, 0.6) is 5.75 Å². The molecule has 0 aliphatic heterocycles. The average Bonchev–Trinajstić information content (AvgIpc) is 2.74. The van der Waals surface area contributed by atoms with E-state index >= 15 is 0 Å². The Morgan fingerprint density at radius 3 is 2.95 bits per heavy atom. The molecule has 0 radical (unpaired) electrons. The fourth-order valence-corrected chi connectivity index (χ4v) is 2.45. The first-order valence-electron chi connectivity index (χ1n) is 5.80. The third-order valence-electron chi connectivity index (χ3n) is 2.66. The maximum atomic E-state index is 9.94. The number of aliphatic hydroxyl groups excluding tert-OH is 1. The molecular weight excluding hydrogens is 332 g/mol. The first kappa shape index (κ1) is 14.4. The Morgan fingerprint density at radius 1 is 1.53 bits per heavy atom. The van der Waals surface area contributed by atoms with Crippen molar-refractivity contribution in [2.75, 3.05) is 6.61 Å². The van der Waals surface area contributed by atoms with E-state index in [0.717, 1.165) is 10.3 Å². The first-order valence-corrected chi connectivity index (χ1v) is 6.97. The summed E-state index contributed by atoms with van der Waals surface area (Å²) < 4.78 is 8.20. The van der Waals surface area contributed by atoms with Crippen molar-refractivity contribution >= 4 is 27.5 Å². The van der Waals surface area contributed by atoms with E-state index < -0.39 is 6.10 Å². The molecule has 19 heavy (non-hydrogen) atoms. The van der Waals surface area contributed by atoms with Gasteiger partial charge in [0.25, 0.3) is 0 Å². The Morgan fingerprint density at radius 2 is 2.32 bits per heavy atom. The van der Waals surface area contributed by atoms with Crippen molar-refractivity contribution < 1.29 is 9.84 Å². The zero-order valence-electron chi connectivity index (χ0n) is 10.4. The van der Waals surface area contributed by atoms with Gasteiger partial charge in [-0.05, 0) is 41.1 Å². The molecule has 0 amide bonds. The van der Waals surface area contributed by atoms with Gasteiger partial charge in [-0.2, -0.15) is 0 Å². The summed E-state index contributed by atoms with van der Waals surface area (Å²) in [6.45, 7) is 2.55. The lowest BCUT2D eigenvalue weighted by Crippen LogP contribution is -2.23. The van der Waals surface area contributed by atoms with Gasteiger partial charge in [0.2, 0.25) is 0 Å². The molecule has 1 heterocycles. The highest BCUT2D eigenvalue weighted by Gasteiger charge is 2.09. The lowest BCUT2D eigenvalue weighted by atomic mass is 10.3. The summed E-state index contributed by atoms with van der Waals surface area (Å²) in [5, 5.41) is 10.6. The summed E-state index contributed by atoms with van der Waals surface area (Å²) in [6, 6.07) is 5.26. The van der Waals surface area contributed by atoms with Crippen LogP contribution in [0.2, 0.25) is 5.02 Å². The molecule has 1 unspecified atom stereocenters. The van der Waals surface area contributed by atoms with Crippen molar-refractivity contribution in [3.8, 4) is 5.75 Å². The summed E-state index contributed by atoms with van der Waals surface area (Å²) in [5.41, 5.74) is 0. The van der Waals surface area contributed by atoms with Crippen molar-refractivity contribution in [1.29, 1.82) is 0 Å². The van der Waals surface area contributed by atoms with Gasteiger partial charge in [0, 0.05) is 17.4 Å². The molecule has 1 aromatic heterocycles. The molecule has 0 aliphatic rings. The topological polar surface area (TPSA) is 47.3 Å². The minimum absolute atomic E-state index is 0.206. The molecule has 0 aliphatic carbocycles. The molecule has 2 rings (SSSR count). The number of aromatic nitrogens is 2. The molecular formula is C13H14BrClN2O2. The minimum atomic E-state index is -0.601. The Hall–Kier alpha value is -1.04. The van der Waals surface area contributed by atoms with Gasteiger partial charge in [0.05, 0.1) is 11.0 Å². The highest BCUT2D eigenvalue weighted by atomic mass is 79.9. The fraction of sp³-hybridized carbons (Fsp3) is 0.308. The number of hydrogen-bond acceptors (Lipinski definition) is 3. The van der Waals surface area contributed by atoms with Crippen LogP contribution in [0.15, 0.2) is 35.1 Å². The monoisotopic (exact) mass is 344 g/mol. The van der Waals surface area contributed by atoms with Crippen LogP contribution >= 0.6 is 27.5 Å². The van der Waals surface area contributed by atoms with Crippen LogP contribution in [-0.2, 0) is 6.54 Å².